The van der Waals surface area contributed by atoms with Crippen LogP contribution in [0.25, 0.3) is 11.8 Å². The predicted molar refractivity (Wildman–Crippen MR) is 116 cm³/mol. The molecule has 0 fully saturated rings. The third kappa shape index (κ3) is 5.92. The third-order valence-electron chi connectivity index (χ3n) is 4.02. The Morgan fingerprint density at radius 1 is 1.37 bits per heavy atom. The Morgan fingerprint density at radius 3 is 2.80 bits per heavy atom. The maximum Gasteiger partial charge on any atom is 0.270 e. The molecule has 0 aliphatic carbocycles. The van der Waals surface area contributed by atoms with Gasteiger partial charge in [-0.05, 0) is 25.1 Å². The maximum absolute atomic E-state index is 12.7. The van der Waals surface area contributed by atoms with Crippen molar-refractivity contribution < 1.29 is 13.9 Å². The molecular weight excluding hydrogens is 409 g/mol. The molecule has 30 heavy (non-hydrogen) atoms. The average molecular weight is 434 g/mol. The number of ether oxygens (including phenoxy) is 1. The van der Waals surface area contributed by atoms with Crippen molar-refractivity contribution in [1.82, 2.24) is 9.88 Å². The summed E-state index contributed by atoms with van der Waals surface area (Å²) in [6, 6.07) is 9.34. The van der Waals surface area contributed by atoms with E-state index in [0.29, 0.717) is 24.2 Å². The Bertz CT molecular complexity index is 1090. The van der Waals surface area contributed by atoms with E-state index >= 15 is 0 Å². The van der Waals surface area contributed by atoms with Gasteiger partial charge < -0.3 is 20.7 Å². The van der Waals surface area contributed by atoms with Gasteiger partial charge in [0.25, 0.3) is 11.5 Å². The van der Waals surface area contributed by atoms with Gasteiger partial charge in [-0.25, -0.2) is 4.39 Å². The summed E-state index contributed by atoms with van der Waals surface area (Å²) in [7, 11) is 1.63. The van der Waals surface area contributed by atoms with Gasteiger partial charge in [-0.15, -0.1) is 11.3 Å². The number of anilines is 2. The van der Waals surface area contributed by atoms with Gasteiger partial charge in [-0.3, -0.25) is 14.2 Å². The molecule has 2 aromatic rings. The van der Waals surface area contributed by atoms with Crippen molar-refractivity contribution in [3.63, 3.8) is 0 Å². The summed E-state index contributed by atoms with van der Waals surface area (Å²) in [4.78, 5) is 24.9. The number of nitrogens with one attached hydrogen (secondary N) is 3. The maximum atomic E-state index is 12.7. The molecule has 0 unspecified atom stereocenters. The van der Waals surface area contributed by atoms with Gasteiger partial charge in [0.1, 0.15) is 21.9 Å². The molecule has 0 spiro atoms. The van der Waals surface area contributed by atoms with E-state index in [1.54, 1.807) is 20.2 Å². The Hall–Kier alpha value is -3.16. The van der Waals surface area contributed by atoms with E-state index in [2.05, 4.69) is 16.0 Å². The van der Waals surface area contributed by atoms with E-state index in [4.69, 9.17) is 4.74 Å². The number of hydrogen-bond acceptors (Lipinski definition) is 7. The van der Waals surface area contributed by atoms with Gasteiger partial charge in [0.15, 0.2) is 5.57 Å². The highest BCUT2D eigenvalue weighted by atomic mass is 32.1. The first-order chi connectivity index (χ1) is 14.5. The summed E-state index contributed by atoms with van der Waals surface area (Å²) < 4.78 is 19.3. The number of nitrogens with zero attached hydrogens (tertiary/aromatic N) is 2. The highest BCUT2D eigenvalue weighted by Crippen LogP contribution is 2.14. The van der Waals surface area contributed by atoms with E-state index < -0.39 is 12.6 Å². The summed E-state index contributed by atoms with van der Waals surface area (Å²) in [6.07, 6.45) is 1.55. The lowest BCUT2D eigenvalue weighted by molar-refractivity contribution is -0.115. The second-order valence-electron chi connectivity index (χ2n) is 6.04. The number of thiazole rings is 1. The minimum absolute atomic E-state index is 0.193. The highest BCUT2D eigenvalue weighted by molar-refractivity contribution is 7.07. The number of rotatable bonds is 10. The second-order valence-corrected chi connectivity index (χ2v) is 7.07. The van der Waals surface area contributed by atoms with E-state index in [9.17, 15) is 19.2 Å². The topological polar surface area (TPSA) is 108 Å². The first-order valence-corrected chi connectivity index (χ1v) is 10.1. The second kappa shape index (κ2) is 11.7. The number of amides is 1. The number of alkyl halides is 1. The normalized spacial score (nSPS) is 12.3. The van der Waals surface area contributed by atoms with Crippen LogP contribution in [-0.2, 0) is 16.1 Å². The summed E-state index contributed by atoms with van der Waals surface area (Å²) in [6.45, 7) is 2.35. The van der Waals surface area contributed by atoms with Gasteiger partial charge in [-0.1, -0.05) is 6.07 Å². The SMILES string of the molecule is CCn1c(=C(C#N)C(=O)NCCF)sc(=CNc2cccc(NCCOC)c2)c1=O. The Morgan fingerprint density at radius 2 is 2.13 bits per heavy atom. The summed E-state index contributed by atoms with van der Waals surface area (Å²) in [5.41, 5.74) is 1.13. The molecule has 8 nitrogen and oxygen atoms in total. The van der Waals surface area contributed by atoms with Gasteiger partial charge in [0.05, 0.1) is 6.61 Å². The quantitative estimate of drug-likeness (QED) is 0.474. The van der Waals surface area contributed by atoms with Crippen LogP contribution in [0, 0.1) is 11.3 Å². The van der Waals surface area contributed by atoms with E-state index in [1.165, 1.54) is 4.57 Å². The molecule has 0 radical (unpaired) electrons. The summed E-state index contributed by atoms with van der Waals surface area (Å²) >= 11 is 1.03. The molecule has 10 heteroatoms. The third-order valence-corrected chi connectivity index (χ3v) is 5.15. The monoisotopic (exact) mass is 433 g/mol. The molecule has 1 heterocycles. The fourth-order valence-corrected chi connectivity index (χ4v) is 3.69. The molecule has 2 rings (SSSR count). The fraction of sp³-hybridized carbons (Fsp3) is 0.350. The first-order valence-electron chi connectivity index (χ1n) is 9.33. The van der Waals surface area contributed by atoms with Gasteiger partial charge in [0, 0.05) is 44.3 Å². The van der Waals surface area contributed by atoms with Crippen LogP contribution in [0.4, 0.5) is 15.8 Å². The van der Waals surface area contributed by atoms with Crippen LogP contribution in [0.5, 0.6) is 0 Å². The number of aromatic nitrogens is 1. The molecule has 1 amide bonds. The van der Waals surface area contributed by atoms with Crippen molar-refractivity contribution in [3.8, 4) is 6.07 Å². The number of halogens is 1. The highest BCUT2D eigenvalue weighted by Gasteiger charge is 2.14. The number of hydrogen-bond donors (Lipinski definition) is 3. The molecule has 0 aliphatic heterocycles. The molecule has 1 aromatic carbocycles. The number of nitriles is 1. The lowest BCUT2D eigenvalue weighted by Crippen LogP contribution is -2.35. The average Bonchev–Trinajstić information content (AvgIpc) is 3.06. The standard InChI is InChI=1S/C20H24FN5O3S/c1-3-26-19(28)17(30-20(26)16(12-22)18(27)24-8-7-21)13-25-15-6-4-5-14(11-15)23-9-10-29-2/h4-6,11,13,23,25H,3,7-10H2,1-2H3,(H,24,27). The molecule has 0 aliphatic rings. The van der Waals surface area contributed by atoms with Crippen molar-refractivity contribution in [2.45, 2.75) is 13.5 Å². The Kier molecular flexibility index (Phi) is 9.05. The fourth-order valence-electron chi connectivity index (χ4n) is 2.60. The number of carbonyl (C=O) groups is 1. The van der Waals surface area contributed by atoms with Crippen molar-refractivity contribution in [2.24, 2.45) is 0 Å². The summed E-state index contributed by atoms with van der Waals surface area (Å²) in [5, 5.41) is 18.0. The van der Waals surface area contributed by atoms with Crippen molar-refractivity contribution in [2.75, 3.05) is 44.1 Å². The Labute approximate surface area is 177 Å². The largest absolute Gasteiger partial charge is 0.383 e. The summed E-state index contributed by atoms with van der Waals surface area (Å²) in [5.74, 6) is -0.701. The zero-order valence-electron chi connectivity index (χ0n) is 16.8. The van der Waals surface area contributed by atoms with Crippen LogP contribution in [0.3, 0.4) is 0 Å². The molecule has 0 saturated heterocycles. The lowest BCUT2D eigenvalue weighted by Gasteiger charge is -2.07. The van der Waals surface area contributed by atoms with Crippen molar-refractivity contribution in [1.29, 1.82) is 5.26 Å². The van der Waals surface area contributed by atoms with Crippen LogP contribution in [0.2, 0.25) is 0 Å². The molecule has 1 aromatic heterocycles. The van der Waals surface area contributed by atoms with Crippen LogP contribution < -0.4 is 30.7 Å². The number of methoxy groups -OCH3 is 1. The van der Waals surface area contributed by atoms with Crippen LogP contribution in [0.15, 0.2) is 29.1 Å². The van der Waals surface area contributed by atoms with Crippen LogP contribution in [-0.4, -0.2) is 44.0 Å². The molecule has 0 atom stereocenters. The molecule has 0 bridgehead atoms. The minimum atomic E-state index is -0.738. The number of carbonyl (C=O) groups excluding carboxylic acids is 1. The predicted octanol–water partition coefficient (Wildman–Crippen LogP) is 0.598. The minimum Gasteiger partial charge on any atom is -0.383 e. The van der Waals surface area contributed by atoms with E-state index in [1.807, 2.05) is 30.3 Å². The first kappa shape index (κ1) is 23.1. The molecule has 160 valence electrons. The zero-order chi connectivity index (χ0) is 21.9. The number of benzene rings is 1. The van der Waals surface area contributed by atoms with Crippen molar-refractivity contribution in [3.05, 3.63) is 43.8 Å². The van der Waals surface area contributed by atoms with Crippen LogP contribution >= 0.6 is 11.3 Å². The van der Waals surface area contributed by atoms with Gasteiger partial charge in [-0.2, -0.15) is 5.26 Å². The molecule has 0 saturated carbocycles. The smallest absolute Gasteiger partial charge is 0.270 e. The Balaban J connectivity index is 2.38. The zero-order valence-corrected chi connectivity index (χ0v) is 17.6. The van der Waals surface area contributed by atoms with Crippen LogP contribution in [0.1, 0.15) is 6.92 Å². The van der Waals surface area contributed by atoms with Gasteiger partial charge in [0.2, 0.25) is 0 Å². The lowest BCUT2D eigenvalue weighted by atomic mass is 10.3. The van der Waals surface area contributed by atoms with E-state index in [0.717, 1.165) is 22.7 Å². The molecule has 3 N–H and O–H groups in total. The van der Waals surface area contributed by atoms with Crippen molar-refractivity contribution >= 4 is 40.4 Å². The molecular formula is C20H24FN5O3S. The van der Waals surface area contributed by atoms with Gasteiger partial charge >= 0.3 is 0 Å². The van der Waals surface area contributed by atoms with E-state index in [-0.39, 0.29) is 22.3 Å².